The number of allylic oxidation sites excluding steroid dienone is 2. The number of ether oxygens (including phenoxy) is 1. The van der Waals surface area contributed by atoms with Crippen molar-refractivity contribution in [3.05, 3.63) is 11.3 Å². The molecule has 0 radical (unpaired) electrons. The first-order valence-corrected chi connectivity index (χ1v) is 5.95. The molecule has 1 heterocycles. The minimum Gasteiger partial charge on any atom is -0.497 e. The number of rotatable bonds is 2. The summed E-state index contributed by atoms with van der Waals surface area (Å²) >= 11 is 0. The van der Waals surface area contributed by atoms with E-state index in [0.717, 1.165) is 18.4 Å². The van der Waals surface area contributed by atoms with Gasteiger partial charge in [0.2, 0.25) is 0 Å². The molecule has 1 nitrogen and oxygen atoms in total. The molecule has 1 aliphatic carbocycles. The Hall–Kier alpha value is -0.460. The molecule has 0 aromatic carbocycles. The molecule has 1 saturated carbocycles. The van der Waals surface area contributed by atoms with Crippen LogP contribution in [-0.4, -0.2) is 6.61 Å². The summed E-state index contributed by atoms with van der Waals surface area (Å²) in [6.45, 7) is 10.1. The lowest BCUT2D eigenvalue weighted by Crippen LogP contribution is -2.08. The third-order valence-corrected chi connectivity index (χ3v) is 3.54. The van der Waals surface area contributed by atoms with E-state index in [1.807, 2.05) is 0 Å². The molecule has 1 heteroatoms. The summed E-state index contributed by atoms with van der Waals surface area (Å²) in [7, 11) is 0. The molecule has 0 aromatic heterocycles. The smallest absolute Gasteiger partial charge is 0.0979 e. The summed E-state index contributed by atoms with van der Waals surface area (Å²) in [5, 5.41) is 0. The Balaban J connectivity index is 2.21. The van der Waals surface area contributed by atoms with Crippen LogP contribution in [0.5, 0.6) is 0 Å². The Labute approximate surface area is 87.5 Å². The maximum absolute atomic E-state index is 5.97. The number of fused-ring (bicyclic) bond motifs is 1. The van der Waals surface area contributed by atoms with Gasteiger partial charge in [-0.15, -0.1) is 0 Å². The van der Waals surface area contributed by atoms with Gasteiger partial charge in [-0.2, -0.15) is 0 Å². The first kappa shape index (κ1) is 10.1. The highest BCUT2D eigenvalue weighted by Gasteiger charge is 2.41. The van der Waals surface area contributed by atoms with Crippen LogP contribution >= 0.6 is 0 Å². The SMILES string of the molecule is CC(C)C1=C(C(C)C)OCC2CC2C1. The minimum absolute atomic E-state index is 0.560. The summed E-state index contributed by atoms with van der Waals surface area (Å²) < 4.78 is 5.97. The molecule has 0 bridgehead atoms. The Morgan fingerprint density at radius 2 is 1.79 bits per heavy atom. The van der Waals surface area contributed by atoms with E-state index in [1.165, 1.54) is 18.6 Å². The Morgan fingerprint density at radius 3 is 2.36 bits per heavy atom. The lowest BCUT2D eigenvalue weighted by Gasteiger charge is -2.19. The van der Waals surface area contributed by atoms with E-state index in [2.05, 4.69) is 27.7 Å². The van der Waals surface area contributed by atoms with Crippen LogP contribution < -0.4 is 0 Å². The fraction of sp³-hybridized carbons (Fsp3) is 0.846. The summed E-state index contributed by atoms with van der Waals surface area (Å²) in [5.41, 5.74) is 1.59. The van der Waals surface area contributed by atoms with Crippen LogP contribution in [0.2, 0.25) is 0 Å². The van der Waals surface area contributed by atoms with Gasteiger partial charge in [-0.3, -0.25) is 0 Å². The van der Waals surface area contributed by atoms with E-state index in [4.69, 9.17) is 4.74 Å². The van der Waals surface area contributed by atoms with E-state index in [9.17, 15) is 0 Å². The molecular formula is C13H22O. The average molecular weight is 194 g/mol. The van der Waals surface area contributed by atoms with Gasteiger partial charge in [0.25, 0.3) is 0 Å². The van der Waals surface area contributed by atoms with Gasteiger partial charge in [-0.25, -0.2) is 0 Å². The molecule has 1 fully saturated rings. The van der Waals surface area contributed by atoms with Crippen molar-refractivity contribution >= 4 is 0 Å². The van der Waals surface area contributed by atoms with Gasteiger partial charge in [0.15, 0.2) is 0 Å². The Bertz CT molecular complexity index is 250. The van der Waals surface area contributed by atoms with Gasteiger partial charge in [-0.1, -0.05) is 27.7 Å². The molecule has 2 rings (SSSR count). The molecule has 80 valence electrons. The second-order valence-electron chi connectivity index (χ2n) is 5.47. The summed E-state index contributed by atoms with van der Waals surface area (Å²) in [6, 6.07) is 0. The van der Waals surface area contributed by atoms with Crippen LogP contribution in [0.3, 0.4) is 0 Å². The zero-order valence-corrected chi connectivity index (χ0v) is 9.84. The molecule has 14 heavy (non-hydrogen) atoms. The van der Waals surface area contributed by atoms with Crippen molar-refractivity contribution in [3.63, 3.8) is 0 Å². The van der Waals surface area contributed by atoms with E-state index >= 15 is 0 Å². The highest BCUT2D eigenvalue weighted by molar-refractivity contribution is 5.17. The van der Waals surface area contributed by atoms with E-state index in [0.29, 0.717) is 11.8 Å². The third-order valence-electron chi connectivity index (χ3n) is 3.54. The molecule has 1 aliphatic heterocycles. The van der Waals surface area contributed by atoms with Crippen LogP contribution in [0.25, 0.3) is 0 Å². The predicted octanol–water partition coefficient (Wildman–Crippen LogP) is 3.61. The topological polar surface area (TPSA) is 9.23 Å². The summed E-state index contributed by atoms with van der Waals surface area (Å²) in [4.78, 5) is 0. The Morgan fingerprint density at radius 1 is 1.07 bits per heavy atom. The molecule has 2 atom stereocenters. The van der Waals surface area contributed by atoms with E-state index in [-0.39, 0.29) is 0 Å². The molecule has 2 aliphatic rings. The maximum Gasteiger partial charge on any atom is 0.0979 e. The number of hydrogen-bond donors (Lipinski definition) is 0. The van der Waals surface area contributed by atoms with Crippen molar-refractivity contribution in [1.82, 2.24) is 0 Å². The molecular weight excluding hydrogens is 172 g/mol. The quantitative estimate of drug-likeness (QED) is 0.652. The van der Waals surface area contributed by atoms with Crippen molar-refractivity contribution in [2.45, 2.75) is 40.5 Å². The minimum atomic E-state index is 0.560. The summed E-state index contributed by atoms with van der Waals surface area (Å²) in [5.74, 6) is 4.34. The third kappa shape index (κ3) is 1.82. The standard InChI is InChI=1S/C13H22O/c1-8(2)12-6-10-5-11(10)7-14-13(12)9(3)4/h8-11H,5-7H2,1-4H3. The van der Waals surface area contributed by atoms with Gasteiger partial charge < -0.3 is 4.74 Å². The normalized spacial score (nSPS) is 31.6. The van der Waals surface area contributed by atoms with Crippen LogP contribution in [0.4, 0.5) is 0 Å². The number of hydrogen-bond acceptors (Lipinski definition) is 1. The van der Waals surface area contributed by atoms with Crippen molar-refractivity contribution < 1.29 is 4.74 Å². The molecule has 0 saturated heterocycles. The van der Waals surface area contributed by atoms with Crippen LogP contribution in [0.15, 0.2) is 11.3 Å². The highest BCUT2D eigenvalue weighted by atomic mass is 16.5. The molecule has 0 spiro atoms. The van der Waals surface area contributed by atoms with Crippen LogP contribution in [0, 0.1) is 23.7 Å². The first-order valence-electron chi connectivity index (χ1n) is 5.95. The molecule has 0 amide bonds. The van der Waals surface area contributed by atoms with Crippen molar-refractivity contribution in [2.75, 3.05) is 6.61 Å². The van der Waals surface area contributed by atoms with E-state index < -0.39 is 0 Å². The van der Waals surface area contributed by atoms with Crippen molar-refractivity contribution in [1.29, 1.82) is 0 Å². The zero-order chi connectivity index (χ0) is 10.3. The zero-order valence-electron chi connectivity index (χ0n) is 9.84. The van der Waals surface area contributed by atoms with Gasteiger partial charge >= 0.3 is 0 Å². The lowest BCUT2D eigenvalue weighted by atomic mass is 9.92. The fourth-order valence-corrected chi connectivity index (χ4v) is 2.49. The molecule has 2 unspecified atom stereocenters. The predicted molar refractivity (Wildman–Crippen MR) is 58.9 cm³/mol. The molecule has 0 aromatic rings. The second-order valence-corrected chi connectivity index (χ2v) is 5.47. The van der Waals surface area contributed by atoms with Gasteiger partial charge in [-0.05, 0) is 36.2 Å². The average Bonchev–Trinajstić information content (AvgIpc) is 2.77. The van der Waals surface area contributed by atoms with Crippen LogP contribution in [0.1, 0.15) is 40.5 Å². The van der Waals surface area contributed by atoms with Crippen molar-refractivity contribution in [2.24, 2.45) is 23.7 Å². The van der Waals surface area contributed by atoms with Crippen molar-refractivity contribution in [3.8, 4) is 0 Å². The fourth-order valence-electron chi connectivity index (χ4n) is 2.49. The summed E-state index contributed by atoms with van der Waals surface area (Å²) in [6.07, 6.45) is 2.71. The maximum atomic E-state index is 5.97. The Kier molecular flexibility index (Phi) is 2.59. The lowest BCUT2D eigenvalue weighted by molar-refractivity contribution is 0.171. The highest BCUT2D eigenvalue weighted by Crippen LogP contribution is 2.48. The first-order chi connectivity index (χ1) is 6.59. The largest absolute Gasteiger partial charge is 0.497 e. The monoisotopic (exact) mass is 194 g/mol. The second kappa shape index (κ2) is 3.60. The van der Waals surface area contributed by atoms with Gasteiger partial charge in [0.05, 0.1) is 12.4 Å². The molecule has 0 N–H and O–H groups in total. The van der Waals surface area contributed by atoms with Gasteiger partial charge in [0.1, 0.15) is 0 Å². The van der Waals surface area contributed by atoms with E-state index in [1.54, 1.807) is 5.57 Å². The van der Waals surface area contributed by atoms with Crippen LogP contribution in [-0.2, 0) is 4.74 Å². The van der Waals surface area contributed by atoms with Gasteiger partial charge in [0, 0.05) is 5.92 Å².